The summed E-state index contributed by atoms with van der Waals surface area (Å²) in [6.45, 7) is 4.90. The Bertz CT molecular complexity index is 734. The van der Waals surface area contributed by atoms with Gasteiger partial charge in [0.2, 0.25) is 0 Å². The van der Waals surface area contributed by atoms with E-state index in [1.54, 1.807) is 16.8 Å². The molecule has 132 valence electrons. The standard InChI is InChI=1S/C20H24N2O3/c1-14-7-9-16(10-8-14)19(23)21(3)12-18-13-22(20(24)25-18)17-6-4-5-15(2)11-17/h5,7-11,18H,4,6,12-13H2,1-3H3. The number of ether oxygens (including phenoxy) is 1. The average Bonchev–Trinajstić information content (AvgIpc) is 2.95. The van der Waals surface area contributed by atoms with Crippen LogP contribution in [-0.2, 0) is 4.74 Å². The second-order valence-corrected chi connectivity index (χ2v) is 6.79. The van der Waals surface area contributed by atoms with E-state index in [-0.39, 0.29) is 18.1 Å². The summed E-state index contributed by atoms with van der Waals surface area (Å²) in [7, 11) is 1.74. The molecule has 1 saturated heterocycles. The molecule has 2 aliphatic rings. The number of amides is 2. The molecule has 1 aliphatic heterocycles. The number of allylic oxidation sites excluding steroid dienone is 4. The van der Waals surface area contributed by atoms with Crippen molar-refractivity contribution in [3.63, 3.8) is 0 Å². The van der Waals surface area contributed by atoms with Crippen molar-refractivity contribution < 1.29 is 14.3 Å². The first-order valence-electron chi connectivity index (χ1n) is 8.61. The molecule has 0 N–H and O–H groups in total. The zero-order valence-corrected chi connectivity index (χ0v) is 15.0. The van der Waals surface area contributed by atoms with Crippen LogP contribution >= 0.6 is 0 Å². The van der Waals surface area contributed by atoms with Gasteiger partial charge in [-0.2, -0.15) is 0 Å². The number of rotatable bonds is 4. The van der Waals surface area contributed by atoms with Crippen LogP contribution < -0.4 is 0 Å². The Kier molecular flexibility index (Phi) is 4.93. The van der Waals surface area contributed by atoms with Crippen LogP contribution in [0.4, 0.5) is 4.79 Å². The van der Waals surface area contributed by atoms with Crippen LogP contribution in [0.3, 0.4) is 0 Å². The van der Waals surface area contributed by atoms with Gasteiger partial charge in [-0.3, -0.25) is 9.69 Å². The lowest BCUT2D eigenvalue weighted by atomic mass is 10.0. The highest BCUT2D eigenvalue weighted by molar-refractivity contribution is 5.94. The topological polar surface area (TPSA) is 49.9 Å². The number of benzene rings is 1. The van der Waals surface area contributed by atoms with Gasteiger partial charge in [-0.1, -0.05) is 29.3 Å². The lowest BCUT2D eigenvalue weighted by Gasteiger charge is -2.21. The van der Waals surface area contributed by atoms with E-state index in [2.05, 4.69) is 6.08 Å². The zero-order valence-electron chi connectivity index (χ0n) is 15.0. The van der Waals surface area contributed by atoms with Gasteiger partial charge in [0, 0.05) is 18.3 Å². The zero-order chi connectivity index (χ0) is 18.0. The summed E-state index contributed by atoms with van der Waals surface area (Å²) >= 11 is 0. The van der Waals surface area contributed by atoms with E-state index in [0.717, 1.165) is 24.1 Å². The second kappa shape index (κ2) is 7.13. The number of cyclic esters (lactones) is 1. The molecule has 0 bridgehead atoms. The van der Waals surface area contributed by atoms with Crippen LogP contribution in [0.1, 0.15) is 35.7 Å². The van der Waals surface area contributed by atoms with Crippen molar-refractivity contribution in [2.24, 2.45) is 0 Å². The average molecular weight is 340 g/mol. The third kappa shape index (κ3) is 3.92. The van der Waals surface area contributed by atoms with E-state index in [4.69, 9.17) is 4.74 Å². The molecule has 1 fully saturated rings. The molecule has 1 unspecified atom stereocenters. The number of nitrogens with zero attached hydrogens (tertiary/aromatic N) is 2. The Morgan fingerprint density at radius 1 is 1.28 bits per heavy atom. The minimum atomic E-state index is -0.317. The van der Waals surface area contributed by atoms with Gasteiger partial charge >= 0.3 is 6.09 Å². The van der Waals surface area contributed by atoms with E-state index in [1.807, 2.05) is 44.2 Å². The summed E-state index contributed by atoms with van der Waals surface area (Å²) in [5, 5.41) is 0. The molecule has 3 rings (SSSR count). The maximum atomic E-state index is 12.5. The molecule has 1 aliphatic carbocycles. The van der Waals surface area contributed by atoms with Crippen molar-refractivity contribution in [3.8, 4) is 0 Å². The molecule has 1 aromatic carbocycles. The number of carbonyl (C=O) groups excluding carboxylic acids is 2. The van der Waals surface area contributed by atoms with E-state index in [0.29, 0.717) is 18.7 Å². The molecule has 0 saturated carbocycles. The van der Waals surface area contributed by atoms with Crippen molar-refractivity contribution in [1.82, 2.24) is 9.80 Å². The van der Waals surface area contributed by atoms with Crippen molar-refractivity contribution in [2.75, 3.05) is 20.1 Å². The van der Waals surface area contributed by atoms with Crippen LogP contribution in [0.15, 0.2) is 47.7 Å². The quantitative estimate of drug-likeness (QED) is 0.843. The minimum Gasteiger partial charge on any atom is -0.442 e. The van der Waals surface area contributed by atoms with Crippen molar-refractivity contribution >= 4 is 12.0 Å². The Hall–Kier alpha value is -2.56. The number of hydrogen-bond acceptors (Lipinski definition) is 3. The van der Waals surface area contributed by atoms with Gasteiger partial charge in [0.15, 0.2) is 0 Å². The molecule has 0 radical (unpaired) electrons. The minimum absolute atomic E-state index is 0.0647. The molecule has 0 aromatic heterocycles. The summed E-state index contributed by atoms with van der Waals surface area (Å²) in [4.78, 5) is 28.0. The molecule has 5 nitrogen and oxygen atoms in total. The lowest BCUT2D eigenvalue weighted by Crippen LogP contribution is -2.36. The number of hydrogen-bond donors (Lipinski definition) is 0. The van der Waals surface area contributed by atoms with Crippen molar-refractivity contribution in [3.05, 3.63) is 58.8 Å². The normalized spacial score (nSPS) is 20.0. The Labute approximate surface area is 148 Å². The Morgan fingerprint density at radius 2 is 2.00 bits per heavy atom. The molecule has 1 heterocycles. The highest BCUT2D eigenvalue weighted by Gasteiger charge is 2.35. The van der Waals surface area contributed by atoms with Crippen LogP contribution in [-0.4, -0.2) is 48.0 Å². The fourth-order valence-electron chi connectivity index (χ4n) is 3.21. The molecule has 2 amide bonds. The fourth-order valence-corrected chi connectivity index (χ4v) is 3.21. The van der Waals surface area contributed by atoms with Gasteiger partial charge in [-0.15, -0.1) is 0 Å². The molecule has 1 aromatic rings. The van der Waals surface area contributed by atoms with Crippen LogP contribution in [0, 0.1) is 6.92 Å². The van der Waals surface area contributed by atoms with Crippen molar-refractivity contribution in [2.45, 2.75) is 32.8 Å². The van der Waals surface area contributed by atoms with Gasteiger partial charge in [-0.25, -0.2) is 4.79 Å². The molecule has 5 heteroatoms. The van der Waals surface area contributed by atoms with Gasteiger partial charge in [-0.05, 0) is 44.9 Å². The summed E-state index contributed by atoms with van der Waals surface area (Å²) in [6, 6.07) is 7.49. The van der Waals surface area contributed by atoms with Crippen LogP contribution in [0.2, 0.25) is 0 Å². The van der Waals surface area contributed by atoms with E-state index in [1.165, 1.54) is 5.57 Å². The fraction of sp³-hybridized carbons (Fsp3) is 0.400. The molecular formula is C20H24N2O3. The largest absolute Gasteiger partial charge is 0.442 e. The summed E-state index contributed by atoms with van der Waals surface area (Å²) in [5.74, 6) is -0.0647. The van der Waals surface area contributed by atoms with Crippen LogP contribution in [0.5, 0.6) is 0 Å². The summed E-state index contributed by atoms with van der Waals surface area (Å²) < 4.78 is 5.47. The highest BCUT2D eigenvalue weighted by Crippen LogP contribution is 2.25. The predicted octanol–water partition coefficient (Wildman–Crippen LogP) is 3.51. The maximum Gasteiger partial charge on any atom is 0.414 e. The predicted molar refractivity (Wildman–Crippen MR) is 96.2 cm³/mol. The first kappa shape index (κ1) is 17.3. The molecule has 25 heavy (non-hydrogen) atoms. The molecule has 0 spiro atoms. The van der Waals surface area contributed by atoms with Crippen molar-refractivity contribution in [1.29, 1.82) is 0 Å². The number of likely N-dealkylation sites (N-methyl/N-ethyl adjacent to an activating group) is 1. The van der Waals surface area contributed by atoms with E-state index >= 15 is 0 Å². The summed E-state index contributed by atoms with van der Waals surface area (Å²) in [6.07, 6.45) is 5.36. The Morgan fingerprint density at radius 3 is 2.68 bits per heavy atom. The lowest BCUT2D eigenvalue weighted by molar-refractivity contribution is 0.0694. The second-order valence-electron chi connectivity index (χ2n) is 6.79. The third-order valence-electron chi connectivity index (χ3n) is 4.60. The molecule has 1 atom stereocenters. The van der Waals surface area contributed by atoms with E-state index in [9.17, 15) is 9.59 Å². The molecular weight excluding hydrogens is 316 g/mol. The number of carbonyl (C=O) groups is 2. The first-order chi connectivity index (χ1) is 11.9. The number of aryl methyl sites for hydroxylation is 1. The summed E-state index contributed by atoms with van der Waals surface area (Å²) in [5.41, 5.74) is 3.93. The maximum absolute atomic E-state index is 12.5. The van der Waals surface area contributed by atoms with Gasteiger partial charge in [0.05, 0.1) is 13.1 Å². The van der Waals surface area contributed by atoms with Gasteiger partial charge in [0.1, 0.15) is 6.10 Å². The monoisotopic (exact) mass is 340 g/mol. The third-order valence-corrected chi connectivity index (χ3v) is 4.60. The van der Waals surface area contributed by atoms with Crippen LogP contribution in [0.25, 0.3) is 0 Å². The Balaban J connectivity index is 1.62. The first-order valence-corrected chi connectivity index (χ1v) is 8.61. The smallest absolute Gasteiger partial charge is 0.414 e. The van der Waals surface area contributed by atoms with Gasteiger partial charge in [0.25, 0.3) is 5.91 Å². The highest BCUT2D eigenvalue weighted by atomic mass is 16.6. The SMILES string of the molecule is CC1=CCCC(N2CC(CN(C)C(=O)c3ccc(C)cc3)OC2=O)=C1. The van der Waals surface area contributed by atoms with Gasteiger partial charge < -0.3 is 9.64 Å². The van der Waals surface area contributed by atoms with E-state index < -0.39 is 0 Å².